The zero-order valence-corrected chi connectivity index (χ0v) is 18.3. The molecule has 8 heteroatoms. The van der Waals surface area contributed by atoms with E-state index in [4.69, 9.17) is 23.2 Å². The molecule has 0 heterocycles. The number of nitrogens with one attached hydrogen (secondary N) is 2. The van der Waals surface area contributed by atoms with Crippen molar-refractivity contribution in [2.75, 3.05) is 5.32 Å². The highest BCUT2D eigenvalue weighted by molar-refractivity contribution is 8.13. The normalized spacial score (nSPS) is 11.1. The third-order valence-corrected chi connectivity index (χ3v) is 5.13. The maximum atomic E-state index is 13.4. The first kappa shape index (κ1) is 22.7. The van der Waals surface area contributed by atoms with Crippen molar-refractivity contribution in [3.63, 3.8) is 0 Å². The van der Waals surface area contributed by atoms with E-state index in [2.05, 4.69) is 10.3 Å². The molecule has 146 valence electrons. The quantitative estimate of drug-likeness (QED) is 0.422. The van der Waals surface area contributed by atoms with Crippen molar-refractivity contribution >= 4 is 51.5 Å². The van der Waals surface area contributed by atoms with E-state index < -0.39 is 11.6 Å². The first-order valence-corrected chi connectivity index (χ1v) is 9.73. The number of rotatable bonds is 4. The van der Waals surface area contributed by atoms with Gasteiger partial charge in [0.2, 0.25) is 0 Å². The van der Waals surface area contributed by atoms with Crippen LogP contribution in [0.25, 0.3) is 0 Å². The van der Waals surface area contributed by atoms with Gasteiger partial charge in [-0.25, -0.2) is 19.1 Å². The Morgan fingerprint density at radius 3 is 2.18 bits per heavy atom. The lowest BCUT2D eigenvalue weighted by Crippen LogP contribution is -3.00. The second-order valence-corrected chi connectivity index (χ2v) is 7.41. The molecular formula is C20H15BrCl2F2N2S. The van der Waals surface area contributed by atoms with Crippen LogP contribution < -0.4 is 27.3 Å². The fourth-order valence-electron chi connectivity index (χ4n) is 2.24. The highest BCUT2D eigenvalue weighted by Crippen LogP contribution is 2.21. The van der Waals surface area contributed by atoms with Gasteiger partial charge < -0.3 is 17.0 Å². The van der Waals surface area contributed by atoms with E-state index in [1.54, 1.807) is 12.1 Å². The molecule has 0 unspecified atom stereocenters. The molecule has 0 aliphatic rings. The molecule has 0 amide bonds. The van der Waals surface area contributed by atoms with E-state index in [1.165, 1.54) is 36.0 Å². The van der Waals surface area contributed by atoms with Gasteiger partial charge >= 0.3 is 5.17 Å². The summed E-state index contributed by atoms with van der Waals surface area (Å²) in [5.41, 5.74) is 2.38. The number of benzene rings is 3. The van der Waals surface area contributed by atoms with Crippen LogP contribution in [-0.2, 0) is 5.75 Å². The molecule has 2 nitrogen and oxygen atoms in total. The van der Waals surface area contributed by atoms with Crippen LogP contribution in [0.5, 0.6) is 0 Å². The molecule has 0 saturated carbocycles. The van der Waals surface area contributed by atoms with Crippen LogP contribution in [0.2, 0.25) is 10.0 Å². The van der Waals surface area contributed by atoms with Crippen LogP contribution in [0.4, 0.5) is 20.2 Å². The average molecular weight is 504 g/mol. The maximum Gasteiger partial charge on any atom is 0.314 e. The molecule has 0 spiro atoms. The molecule has 0 aliphatic carbocycles. The number of halogens is 5. The summed E-state index contributed by atoms with van der Waals surface area (Å²) in [4.78, 5) is 3.18. The summed E-state index contributed by atoms with van der Waals surface area (Å²) in [6.07, 6.45) is 0. The lowest BCUT2D eigenvalue weighted by molar-refractivity contribution is -0.350. The van der Waals surface area contributed by atoms with Crippen LogP contribution in [0, 0.1) is 11.6 Å². The summed E-state index contributed by atoms with van der Waals surface area (Å²) in [6, 6.07) is 18.7. The van der Waals surface area contributed by atoms with Crippen molar-refractivity contribution in [2.45, 2.75) is 5.75 Å². The van der Waals surface area contributed by atoms with Gasteiger partial charge in [0.05, 0.1) is 10.0 Å². The summed E-state index contributed by atoms with van der Waals surface area (Å²) in [5.74, 6) is -0.280. The minimum atomic E-state index is -0.487. The van der Waals surface area contributed by atoms with Gasteiger partial charge in [0.15, 0.2) is 0 Å². The summed E-state index contributed by atoms with van der Waals surface area (Å²) >= 11 is 13.2. The Bertz CT molecular complexity index is 972. The standard InChI is InChI=1S/C20H14Cl2F2N2S.BrH/c21-16-10-14(6-8-18(16)23)25-20(27-12-13-4-2-1-3-5-13)26-15-7-9-19(24)17(22)11-15;/h1-11H,12H2,(H,25,26);1H. The molecule has 3 aromatic rings. The number of anilines is 1. The monoisotopic (exact) mass is 502 g/mol. The van der Waals surface area contributed by atoms with E-state index in [0.29, 0.717) is 22.3 Å². The van der Waals surface area contributed by atoms with Gasteiger partial charge in [-0.15, -0.1) is 0 Å². The smallest absolute Gasteiger partial charge is 0.314 e. The minimum Gasteiger partial charge on any atom is -1.00 e. The molecular weight excluding hydrogens is 489 g/mol. The predicted octanol–water partition coefficient (Wildman–Crippen LogP) is 2.39. The van der Waals surface area contributed by atoms with E-state index in [1.807, 2.05) is 30.3 Å². The minimum absolute atomic E-state index is 0. The third-order valence-electron chi connectivity index (χ3n) is 3.58. The van der Waals surface area contributed by atoms with Crippen LogP contribution in [0.1, 0.15) is 5.56 Å². The van der Waals surface area contributed by atoms with Gasteiger partial charge in [-0.1, -0.05) is 53.5 Å². The summed E-state index contributed by atoms with van der Waals surface area (Å²) in [5, 5.41) is 3.90. The highest BCUT2D eigenvalue weighted by atomic mass is 79.9. The van der Waals surface area contributed by atoms with Crippen molar-refractivity contribution in [2.24, 2.45) is 0 Å². The van der Waals surface area contributed by atoms with Gasteiger partial charge in [-0.3, -0.25) is 0 Å². The topological polar surface area (TPSA) is 26.0 Å². The Hall–Kier alpha value is -1.60. The first-order valence-electron chi connectivity index (χ1n) is 7.99. The number of thioether (sulfide) groups is 1. The van der Waals surface area contributed by atoms with Crippen molar-refractivity contribution in [1.29, 1.82) is 0 Å². The van der Waals surface area contributed by atoms with Gasteiger partial charge in [0.1, 0.15) is 23.0 Å². The van der Waals surface area contributed by atoms with Crippen LogP contribution in [-0.4, -0.2) is 5.17 Å². The Morgan fingerprint density at radius 2 is 1.54 bits per heavy atom. The molecule has 28 heavy (non-hydrogen) atoms. The summed E-state index contributed by atoms with van der Waals surface area (Å²) in [6.45, 7) is 0. The average Bonchev–Trinajstić information content (AvgIpc) is 2.66. The summed E-state index contributed by atoms with van der Waals surface area (Å²) in [7, 11) is 0. The Balaban J connectivity index is 0.00000280. The van der Waals surface area contributed by atoms with E-state index >= 15 is 0 Å². The van der Waals surface area contributed by atoms with Crippen molar-refractivity contribution in [3.05, 3.63) is 94.0 Å². The highest BCUT2D eigenvalue weighted by Gasteiger charge is 2.13. The van der Waals surface area contributed by atoms with Crippen molar-refractivity contribution < 1.29 is 30.8 Å². The predicted molar refractivity (Wildman–Crippen MR) is 110 cm³/mol. The number of amidine groups is 1. The molecule has 0 aliphatic heterocycles. The molecule has 0 atom stereocenters. The molecule has 3 rings (SSSR count). The van der Waals surface area contributed by atoms with Gasteiger partial charge in [0, 0.05) is 17.9 Å². The first-order chi connectivity index (χ1) is 13.0. The maximum absolute atomic E-state index is 13.4. The zero-order chi connectivity index (χ0) is 19.2. The van der Waals surface area contributed by atoms with Crippen molar-refractivity contribution in [1.82, 2.24) is 0 Å². The van der Waals surface area contributed by atoms with Gasteiger partial charge in [0.25, 0.3) is 0 Å². The fraction of sp³-hybridized carbons (Fsp3) is 0.0500. The van der Waals surface area contributed by atoms with Crippen LogP contribution in [0.3, 0.4) is 0 Å². The zero-order valence-electron chi connectivity index (χ0n) is 14.4. The summed E-state index contributed by atoms with van der Waals surface area (Å²) < 4.78 is 26.8. The Kier molecular flexibility index (Phi) is 8.76. The third kappa shape index (κ3) is 6.48. The second-order valence-electron chi connectivity index (χ2n) is 5.61. The second kappa shape index (κ2) is 10.8. The molecule has 0 bridgehead atoms. The number of hydrogen-bond acceptors (Lipinski definition) is 1. The molecule has 0 aromatic heterocycles. The molecule has 2 N–H and O–H groups in total. The fourth-order valence-corrected chi connectivity index (χ4v) is 3.49. The van der Waals surface area contributed by atoms with E-state index in [-0.39, 0.29) is 27.0 Å². The lowest BCUT2D eigenvalue weighted by atomic mass is 10.2. The van der Waals surface area contributed by atoms with Gasteiger partial charge in [-0.05, 0) is 41.6 Å². The van der Waals surface area contributed by atoms with Crippen LogP contribution >= 0.6 is 35.0 Å². The number of hydrogen-bond donors (Lipinski definition) is 2. The van der Waals surface area contributed by atoms with Crippen LogP contribution in [0.15, 0.2) is 66.7 Å². The molecule has 0 saturated heterocycles. The molecule has 0 radical (unpaired) electrons. The SMILES string of the molecule is Fc1ccc(NC(=[NH+]c2ccc(F)c(Cl)c2)SCc2ccccc2)cc1Cl.[Br-]. The van der Waals surface area contributed by atoms with E-state index in [9.17, 15) is 8.78 Å². The largest absolute Gasteiger partial charge is 1.00 e. The Labute approximate surface area is 186 Å². The van der Waals surface area contributed by atoms with Gasteiger partial charge in [-0.2, -0.15) is 0 Å². The molecule has 3 aromatic carbocycles. The lowest BCUT2D eigenvalue weighted by Gasteiger charge is -2.05. The Morgan fingerprint density at radius 1 is 0.893 bits per heavy atom. The van der Waals surface area contributed by atoms with Crippen molar-refractivity contribution in [3.8, 4) is 0 Å². The van der Waals surface area contributed by atoms with E-state index in [0.717, 1.165) is 5.56 Å². The molecule has 0 fully saturated rings.